The summed E-state index contributed by atoms with van der Waals surface area (Å²) >= 11 is 2.74. The number of hydrogen-bond donors (Lipinski definition) is 3. The number of benzene rings is 2. The number of unbranched alkanes of at least 4 members (excludes halogenated alkanes) is 1. The molecule has 22 heteroatoms. The molecular formula is C54H68N6O14S2. The van der Waals surface area contributed by atoms with Gasteiger partial charge in [-0.3, -0.25) is 38.4 Å². The molecule has 1 aliphatic heterocycles. The van der Waals surface area contributed by atoms with E-state index in [2.05, 4.69) is 20.6 Å². The van der Waals surface area contributed by atoms with Crippen LogP contribution in [0, 0.1) is 11.3 Å². The van der Waals surface area contributed by atoms with Crippen molar-refractivity contribution in [2.75, 3.05) is 65.4 Å². The predicted octanol–water partition coefficient (Wildman–Crippen LogP) is 5.89. The standard InChI is InChI=1S/C54H68N6O14S2/c1-8-9-18-55-50(69)37(26-36-13-11-10-12-14-36)27-41(62)40(29-46(65)66)56-43(63)17-22-71-24-25-72-23-21-60(20-19-59(7)45(64)30-54(5,6)47-35(4)48(67)33(2)34(3)49(47)68)53(70)74-38-15-16-39-42(28-38)76-52(57-39)51-58-44(31-75-51)73-32-61/h10-16,28,32,37,40,44H,8-9,17-27,29-31H2,1-7H3,(H,55,69)(H,56,63)(H,65,66)/t37-,40+,44?/m0/s1. The van der Waals surface area contributed by atoms with Crippen LogP contribution in [0.3, 0.4) is 0 Å². The van der Waals surface area contributed by atoms with Crippen LogP contribution in [0.5, 0.6) is 5.75 Å². The molecule has 3 aromatic rings. The van der Waals surface area contributed by atoms with Crippen molar-refractivity contribution >= 4 is 92.0 Å². The molecule has 1 aromatic heterocycles. The van der Waals surface area contributed by atoms with Crippen molar-refractivity contribution in [2.24, 2.45) is 16.3 Å². The van der Waals surface area contributed by atoms with Crippen LogP contribution in [0.25, 0.3) is 10.2 Å². The maximum Gasteiger partial charge on any atom is 0.415 e. The minimum atomic E-state index is -1.36. The van der Waals surface area contributed by atoms with Crippen molar-refractivity contribution in [2.45, 2.75) is 98.8 Å². The molecule has 2 aliphatic rings. The summed E-state index contributed by atoms with van der Waals surface area (Å²) < 4.78 is 22.9. The fourth-order valence-corrected chi connectivity index (χ4v) is 10.5. The van der Waals surface area contributed by atoms with E-state index in [0.717, 1.165) is 18.4 Å². The van der Waals surface area contributed by atoms with E-state index in [-0.39, 0.29) is 101 Å². The fourth-order valence-electron chi connectivity index (χ4n) is 8.45. The average molecular weight is 1090 g/mol. The number of carbonyl (C=O) groups is 9. The summed E-state index contributed by atoms with van der Waals surface area (Å²) in [6, 6.07) is 12.8. The van der Waals surface area contributed by atoms with Gasteiger partial charge < -0.3 is 44.5 Å². The number of aliphatic imine (C=N–C) groups is 1. The number of thioether (sulfide) groups is 1. The molecule has 0 spiro atoms. The van der Waals surface area contributed by atoms with Crippen molar-refractivity contribution < 1.29 is 67.2 Å². The number of Topliss-reactive ketones (excluding diaryl/α,β-unsaturated/α-hetero) is 3. The van der Waals surface area contributed by atoms with E-state index in [1.54, 1.807) is 59.9 Å². The van der Waals surface area contributed by atoms with Crippen molar-refractivity contribution in [1.82, 2.24) is 25.4 Å². The van der Waals surface area contributed by atoms with Gasteiger partial charge in [0.1, 0.15) is 15.8 Å². The van der Waals surface area contributed by atoms with Gasteiger partial charge in [-0.1, -0.05) is 69.3 Å². The lowest BCUT2D eigenvalue weighted by Crippen LogP contribution is -2.44. The third-order valence-corrected chi connectivity index (χ3v) is 15.0. The van der Waals surface area contributed by atoms with Crippen molar-refractivity contribution in [1.29, 1.82) is 0 Å². The van der Waals surface area contributed by atoms with E-state index >= 15 is 0 Å². The summed E-state index contributed by atoms with van der Waals surface area (Å²) in [5.74, 6) is -3.69. The Morgan fingerprint density at radius 3 is 2.32 bits per heavy atom. The molecule has 1 unspecified atom stereocenters. The zero-order chi connectivity index (χ0) is 55.5. The number of thiazole rings is 1. The van der Waals surface area contributed by atoms with Gasteiger partial charge in [-0.15, -0.1) is 11.3 Å². The molecule has 410 valence electrons. The molecule has 4 amide bonds. The summed E-state index contributed by atoms with van der Waals surface area (Å²) in [4.78, 5) is 128. The highest BCUT2D eigenvalue weighted by molar-refractivity contribution is 8.15. The molecule has 5 rings (SSSR count). The number of carboxylic acid groups (broad SMARTS) is 1. The Morgan fingerprint density at radius 2 is 1.62 bits per heavy atom. The highest BCUT2D eigenvalue weighted by atomic mass is 32.2. The van der Waals surface area contributed by atoms with Gasteiger partial charge in [-0.25, -0.2) is 14.8 Å². The molecule has 0 saturated carbocycles. The number of ether oxygens (including phenoxy) is 4. The molecule has 1 aliphatic carbocycles. The first-order valence-corrected chi connectivity index (χ1v) is 26.9. The van der Waals surface area contributed by atoms with Gasteiger partial charge in [0.15, 0.2) is 17.3 Å². The number of aliphatic carboxylic acids is 1. The van der Waals surface area contributed by atoms with Gasteiger partial charge in [-0.2, -0.15) is 0 Å². The molecule has 76 heavy (non-hydrogen) atoms. The Morgan fingerprint density at radius 1 is 0.908 bits per heavy atom. The number of fused-ring (bicyclic) bond motifs is 1. The van der Waals surface area contributed by atoms with Gasteiger partial charge in [0, 0.05) is 92.2 Å². The second kappa shape index (κ2) is 29.0. The van der Waals surface area contributed by atoms with Crippen LogP contribution in [0.2, 0.25) is 0 Å². The first-order valence-electron chi connectivity index (χ1n) is 25.1. The zero-order valence-electron chi connectivity index (χ0n) is 44.1. The number of aromatic nitrogens is 1. The van der Waals surface area contributed by atoms with Crippen LogP contribution in [0.1, 0.15) is 90.6 Å². The predicted molar refractivity (Wildman–Crippen MR) is 286 cm³/mol. The van der Waals surface area contributed by atoms with Crippen LogP contribution >= 0.6 is 23.1 Å². The van der Waals surface area contributed by atoms with Crippen LogP contribution in [0.4, 0.5) is 4.79 Å². The maximum absolute atomic E-state index is 13.8. The highest BCUT2D eigenvalue weighted by Crippen LogP contribution is 2.39. The van der Waals surface area contributed by atoms with E-state index in [0.29, 0.717) is 61.3 Å². The van der Waals surface area contributed by atoms with Gasteiger partial charge in [0.25, 0.3) is 6.47 Å². The number of ketones is 3. The third kappa shape index (κ3) is 17.5. The minimum Gasteiger partial charge on any atom is -0.481 e. The van der Waals surface area contributed by atoms with Gasteiger partial charge >= 0.3 is 12.1 Å². The number of amides is 4. The normalized spacial score (nSPS) is 15.5. The Hall–Kier alpha value is -6.62. The largest absolute Gasteiger partial charge is 0.481 e. The number of carbonyl (C=O) groups excluding carboxylic acids is 8. The summed E-state index contributed by atoms with van der Waals surface area (Å²) in [5.41, 5.74) is 1.85. The molecule has 0 saturated heterocycles. The monoisotopic (exact) mass is 1090 g/mol. The summed E-state index contributed by atoms with van der Waals surface area (Å²) in [5, 5.41) is 16.2. The lowest BCUT2D eigenvalue weighted by atomic mass is 9.71. The van der Waals surface area contributed by atoms with Crippen molar-refractivity contribution in [3.8, 4) is 5.75 Å². The van der Waals surface area contributed by atoms with E-state index in [9.17, 15) is 48.3 Å². The highest BCUT2D eigenvalue weighted by Gasteiger charge is 2.39. The number of rotatable bonds is 31. The fraction of sp³-hybridized carbons (Fsp3) is 0.500. The summed E-state index contributed by atoms with van der Waals surface area (Å²) in [7, 11) is 1.58. The van der Waals surface area contributed by atoms with Gasteiger partial charge in [-0.05, 0) is 51.3 Å². The molecule has 0 bridgehead atoms. The number of nitrogens with zero attached hydrogens (tertiary/aromatic N) is 4. The lowest BCUT2D eigenvalue weighted by molar-refractivity contribution is -0.140. The molecule has 3 atom stereocenters. The SMILES string of the molecule is CCCCNC(=O)[C@H](CC(=O)[C@@H](CC(=O)O)NC(=O)CCOCCOCCN(CCN(C)C(=O)CC(C)(C)C1=C(C)C(=O)C(C)=C(C)C1=O)C(=O)Oc1ccc2nc(C3=NC(OC=O)CS3)sc2c1)Cc1ccccc1. The third-order valence-electron chi connectivity index (χ3n) is 12.9. The number of allylic oxidation sites excluding steroid dienone is 4. The molecule has 2 heterocycles. The van der Waals surface area contributed by atoms with E-state index in [4.69, 9.17) is 18.9 Å². The Labute approximate surface area is 450 Å². The number of carboxylic acids is 1. The summed E-state index contributed by atoms with van der Waals surface area (Å²) in [6.07, 6.45) is -0.662. The average Bonchev–Trinajstić information content (AvgIpc) is 4.03. The first-order chi connectivity index (χ1) is 36.2. The van der Waals surface area contributed by atoms with Crippen LogP contribution in [-0.4, -0.2) is 156 Å². The van der Waals surface area contributed by atoms with Gasteiger partial charge in [0.05, 0.1) is 54.9 Å². The van der Waals surface area contributed by atoms with Crippen LogP contribution in [-0.2, 0) is 59.0 Å². The van der Waals surface area contributed by atoms with Crippen LogP contribution < -0.4 is 15.4 Å². The summed E-state index contributed by atoms with van der Waals surface area (Å²) in [6.45, 7) is 11.3. The lowest BCUT2D eigenvalue weighted by Gasteiger charge is -2.33. The number of likely N-dealkylation sites (N-methyl/N-ethyl adjacent to an activating group) is 1. The Bertz CT molecular complexity index is 2720. The molecular weight excluding hydrogens is 1020 g/mol. The first kappa shape index (κ1) is 60.2. The molecule has 20 nitrogen and oxygen atoms in total. The maximum atomic E-state index is 13.8. The van der Waals surface area contributed by atoms with E-state index in [1.165, 1.54) is 32.9 Å². The number of hydrogen-bond acceptors (Lipinski definition) is 17. The smallest absolute Gasteiger partial charge is 0.415 e. The van der Waals surface area contributed by atoms with Crippen LogP contribution in [0.15, 0.2) is 75.8 Å². The number of nitrogens with one attached hydrogen (secondary N) is 2. The molecule has 2 aromatic carbocycles. The second-order valence-corrected chi connectivity index (χ2v) is 21.2. The second-order valence-electron chi connectivity index (χ2n) is 19.1. The quantitative estimate of drug-likeness (QED) is 0.0385. The Balaban J connectivity index is 1.15. The Kier molecular flexibility index (Phi) is 23.0. The molecule has 0 radical (unpaired) electrons. The van der Waals surface area contributed by atoms with Crippen molar-refractivity contribution in [3.63, 3.8) is 0 Å². The topological polar surface area (TPSA) is 267 Å². The van der Waals surface area contributed by atoms with E-state index in [1.807, 2.05) is 37.3 Å². The minimum absolute atomic E-state index is 0.0200. The van der Waals surface area contributed by atoms with Gasteiger partial charge in [0.2, 0.25) is 23.9 Å². The van der Waals surface area contributed by atoms with Crippen molar-refractivity contribution in [3.05, 3.63) is 81.4 Å². The van der Waals surface area contributed by atoms with E-state index < -0.39 is 53.8 Å². The molecule has 0 fully saturated rings. The molecule has 3 N–H and O–H groups in total. The zero-order valence-corrected chi connectivity index (χ0v) is 45.7.